The number of thiophene rings is 2. The molecule has 0 spiro atoms. The summed E-state index contributed by atoms with van der Waals surface area (Å²) in [5.74, 6) is 0. The molecule has 2 aromatic heterocycles. The highest BCUT2D eigenvalue weighted by Crippen LogP contribution is 2.44. The summed E-state index contributed by atoms with van der Waals surface area (Å²) in [4.78, 5) is 5.65. The molecule has 7 rings (SSSR count). The van der Waals surface area contributed by atoms with Crippen molar-refractivity contribution in [3.05, 3.63) is 133 Å². The zero-order valence-corrected chi connectivity index (χ0v) is 21.7. The number of fused-ring (bicyclic) bond motifs is 3. The van der Waals surface area contributed by atoms with Crippen LogP contribution in [0.5, 0.6) is 0 Å². The van der Waals surface area contributed by atoms with E-state index in [1.165, 1.54) is 41.0 Å². The topological polar surface area (TPSA) is 0 Å². The molecule has 0 amide bonds. The van der Waals surface area contributed by atoms with Crippen molar-refractivity contribution < 1.29 is 0 Å². The fraction of sp³-hybridized carbons (Fsp3) is 0. The molecule has 6 aromatic rings. The maximum atomic E-state index is 2.51. The van der Waals surface area contributed by atoms with E-state index >= 15 is 0 Å². The number of rotatable bonds is 4. The first-order valence-corrected chi connectivity index (χ1v) is 15.5. The molecule has 1 aliphatic rings. The molecular formula is C32H22S2Si. The molecule has 0 atom stereocenters. The summed E-state index contributed by atoms with van der Waals surface area (Å²) in [6.45, 7) is 0. The van der Waals surface area contributed by atoms with Gasteiger partial charge in [0.1, 0.15) is 0 Å². The Kier molecular flexibility index (Phi) is 4.95. The second-order valence-electron chi connectivity index (χ2n) is 8.92. The van der Waals surface area contributed by atoms with E-state index in [2.05, 4.69) is 133 Å². The first-order valence-electron chi connectivity index (χ1n) is 11.9. The van der Waals surface area contributed by atoms with Crippen molar-refractivity contribution in [2.45, 2.75) is 0 Å². The Morgan fingerprint density at radius 2 is 0.743 bits per heavy atom. The molecule has 1 aliphatic heterocycles. The second-order valence-corrected chi connectivity index (χ2v) is 14.8. The Hall–Kier alpha value is -3.50. The predicted octanol–water partition coefficient (Wildman–Crippen LogP) is 6.50. The van der Waals surface area contributed by atoms with E-state index in [9.17, 15) is 0 Å². The van der Waals surface area contributed by atoms with Gasteiger partial charge in [-0.1, -0.05) is 121 Å². The lowest BCUT2D eigenvalue weighted by atomic mass is 10.2. The molecule has 0 saturated carbocycles. The van der Waals surface area contributed by atoms with Gasteiger partial charge < -0.3 is 0 Å². The number of benzene rings is 4. The molecule has 0 bridgehead atoms. The van der Waals surface area contributed by atoms with E-state index in [1.54, 1.807) is 10.4 Å². The van der Waals surface area contributed by atoms with Crippen LogP contribution in [0.4, 0.5) is 0 Å². The zero-order chi connectivity index (χ0) is 23.2. The Bertz CT molecular complexity index is 1490. The summed E-state index contributed by atoms with van der Waals surface area (Å²) in [5.41, 5.74) is 2.61. The minimum Gasteiger partial charge on any atom is -0.134 e. The maximum absolute atomic E-state index is 2.51. The summed E-state index contributed by atoms with van der Waals surface area (Å²) < 4.78 is 0. The van der Waals surface area contributed by atoms with Crippen LogP contribution in [0.15, 0.2) is 133 Å². The van der Waals surface area contributed by atoms with E-state index in [4.69, 9.17) is 0 Å². The van der Waals surface area contributed by atoms with Gasteiger partial charge in [-0.15, -0.1) is 22.7 Å². The fourth-order valence-corrected chi connectivity index (χ4v) is 14.3. The molecule has 166 valence electrons. The quantitative estimate of drug-likeness (QED) is 0.243. The normalized spacial score (nSPS) is 13.4. The van der Waals surface area contributed by atoms with Gasteiger partial charge in [0.25, 0.3) is 0 Å². The molecule has 0 N–H and O–H groups in total. The average Bonchev–Trinajstić information content (AvgIpc) is 3.62. The highest BCUT2D eigenvalue weighted by molar-refractivity contribution is 7.35. The summed E-state index contributed by atoms with van der Waals surface area (Å²) in [7, 11) is -2.43. The monoisotopic (exact) mass is 498 g/mol. The van der Waals surface area contributed by atoms with Gasteiger partial charge in [0, 0.05) is 19.5 Å². The molecule has 0 unspecified atom stereocenters. The predicted molar refractivity (Wildman–Crippen MR) is 156 cm³/mol. The highest BCUT2D eigenvalue weighted by Gasteiger charge is 2.51. The Balaban J connectivity index is 1.58. The molecule has 4 aromatic carbocycles. The summed E-state index contributed by atoms with van der Waals surface area (Å²) in [5, 5.41) is 6.00. The standard InChI is InChI=1S/C32H22S2Si/c1-5-13-23(14-6-1)27-21-29-31(33-27)32-30(22-28(34-32)24-15-7-2-8-16-24)35(29,25-17-9-3-10-18-25)26-19-11-4-12-20-26/h1-22H. The fourth-order valence-electron chi connectivity index (χ4n) is 5.48. The third-order valence-corrected chi connectivity index (χ3v) is 14.7. The van der Waals surface area contributed by atoms with Crippen LogP contribution in [0.1, 0.15) is 0 Å². The van der Waals surface area contributed by atoms with Crippen molar-refractivity contribution in [2.75, 3.05) is 0 Å². The second kappa shape index (κ2) is 8.31. The first-order chi connectivity index (χ1) is 17.4. The van der Waals surface area contributed by atoms with Gasteiger partial charge in [0.05, 0.1) is 0 Å². The van der Waals surface area contributed by atoms with Crippen LogP contribution in [-0.4, -0.2) is 8.07 Å². The third-order valence-electron chi connectivity index (χ3n) is 7.01. The lowest BCUT2D eigenvalue weighted by Crippen LogP contribution is -2.72. The number of hydrogen-bond acceptors (Lipinski definition) is 2. The summed E-state index contributed by atoms with van der Waals surface area (Å²) in [6, 6.07) is 49.3. The van der Waals surface area contributed by atoms with Crippen molar-refractivity contribution >= 4 is 51.5 Å². The Morgan fingerprint density at radius 1 is 0.400 bits per heavy atom. The molecule has 0 radical (unpaired) electrons. The van der Waals surface area contributed by atoms with Crippen molar-refractivity contribution in [2.24, 2.45) is 0 Å². The minimum absolute atomic E-state index is 1.30. The van der Waals surface area contributed by atoms with Crippen molar-refractivity contribution in [3.8, 4) is 30.6 Å². The van der Waals surface area contributed by atoms with Gasteiger partial charge in [-0.25, -0.2) is 0 Å². The maximum Gasteiger partial charge on any atom is 0.182 e. The van der Waals surface area contributed by atoms with Crippen molar-refractivity contribution in [3.63, 3.8) is 0 Å². The zero-order valence-electron chi connectivity index (χ0n) is 19.0. The van der Waals surface area contributed by atoms with E-state index in [0.29, 0.717) is 0 Å². The van der Waals surface area contributed by atoms with E-state index in [-0.39, 0.29) is 0 Å². The SMILES string of the molecule is c1ccc(-c2cc3c(s2)-c2sc(-c4ccccc4)cc2[Si]3(c2ccccc2)c2ccccc2)cc1. The van der Waals surface area contributed by atoms with E-state index in [1.807, 2.05) is 22.7 Å². The third kappa shape index (κ3) is 3.16. The lowest BCUT2D eigenvalue weighted by Gasteiger charge is -2.30. The van der Waals surface area contributed by atoms with Gasteiger partial charge in [-0.2, -0.15) is 0 Å². The van der Waals surface area contributed by atoms with E-state index in [0.717, 1.165) is 0 Å². The van der Waals surface area contributed by atoms with Crippen LogP contribution in [0.3, 0.4) is 0 Å². The molecule has 0 aliphatic carbocycles. The van der Waals surface area contributed by atoms with Crippen LogP contribution in [0.2, 0.25) is 0 Å². The molecule has 0 fully saturated rings. The molecule has 3 heteroatoms. The largest absolute Gasteiger partial charge is 0.182 e. The van der Waals surface area contributed by atoms with Crippen LogP contribution in [0, 0.1) is 0 Å². The first kappa shape index (κ1) is 20.8. The Labute approximate surface area is 214 Å². The summed E-state index contributed by atoms with van der Waals surface area (Å²) >= 11 is 3.93. The molecule has 3 heterocycles. The van der Waals surface area contributed by atoms with Gasteiger partial charge in [0.15, 0.2) is 8.07 Å². The van der Waals surface area contributed by atoms with Crippen LogP contribution in [-0.2, 0) is 0 Å². The van der Waals surface area contributed by atoms with Gasteiger partial charge in [0.2, 0.25) is 0 Å². The minimum atomic E-state index is -2.43. The Morgan fingerprint density at radius 3 is 1.11 bits per heavy atom. The van der Waals surface area contributed by atoms with Crippen LogP contribution in [0.25, 0.3) is 30.6 Å². The average molecular weight is 499 g/mol. The summed E-state index contributed by atoms with van der Waals surface area (Å²) in [6.07, 6.45) is 0. The smallest absolute Gasteiger partial charge is 0.134 e. The van der Waals surface area contributed by atoms with Crippen molar-refractivity contribution in [1.29, 1.82) is 0 Å². The highest BCUT2D eigenvalue weighted by atomic mass is 32.1. The molecule has 0 saturated heterocycles. The van der Waals surface area contributed by atoms with Gasteiger partial charge in [-0.3, -0.25) is 0 Å². The van der Waals surface area contributed by atoms with Gasteiger partial charge >= 0.3 is 0 Å². The molecule has 0 nitrogen and oxygen atoms in total. The van der Waals surface area contributed by atoms with Gasteiger partial charge in [-0.05, 0) is 44.0 Å². The van der Waals surface area contributed by atoms with Crippen molar-refractivity contribution in [1.82, 2.24) is 0 Å². The van der Waals surface area contributed by atoms with Crippen LogP contribution >= 0.6 is 22.7 Å². The lowest BCUT2D eigenvalue weighted by molar-refractivity contribution is 1.69. The van der Waals surface area contributed by atoms with Crippen LogP contribution < -0.4 is 20.7 Å². The number of hydrogen-bond donors (Lipinski definition) is 0. The molecular weight excluding hydrogens is 477 g/mol. The van der Waals surface area contributed by atoms with E-state index < -0.39 is 8.07 Å². The molecule has 35 heavy (non-hydrogen) atoms.